The Morgan fingerprint density at radius 3 is 2.71 bits per heavy atom. The number of hydrogen-bond donors (Lipinski definition) is 1. The number of benzene rings is 1. The van der Waals surface area contributed by atoms with Crippen molar-refractivity contribution in [3.05, 3.63) is 47.9 Å². The van der Waals surface area contributed by atoms with Crippen LogP contribution in [-0.4, -0.2) is 19.1 Å². The molecule has 1 saturated carbocycles. The van der Waals surface area contributed by atoms with Crippen LogP contribution in [0, 0.1) is 0 Å². The Labute approximate surface area is 141 Å². The zero-order chi connectivity index (χ0) is 16.9. The minimum Gasteiger partial charge on any atom is -0.493 e. The van der Waals surface area contributed by atoms with Crippen molar-refractivity contribution in [3.63, 3.8) is 0 Å². The number of rotatable bonds is 6. The SMILES string of the molecule is COc1cc([C@@H](C)NC(=O)c2ccoc2)ccc1OC1CCCC1. The van der Waals surface area contributed by atoms with Crippen LogP contribution in [0.15, 0.2) is 41.2 Å². The summed E-state index contributed by atoms with van der Waals surface area (Å²) in [5, 5.41) is 2.95. The van der Waals surface area contributed by atoms with E-state index in [1.54, 1.807) is 13.2 Å². The second-order valence-corrected chi connectivity index (χ2v) is 6.14. The Balaban J connectivity index is 1.69. The Bertz CT molecular complexity index is 675. The van der Waals surface area contributed by atoms with Crippen molar-refractivity contribution in [2.24, 2.45) is 0 Å². The fourth-order valence-electron chi connectivity index (χ4n) is 2.99. The van der Waals surface area contributed by atoms with Gasteiger partial charge in [0.25, 0.3) is 5.91 Å². The molecule has 0 aliphatic heterocycles. The fourth-order valence-corrected chi connectivity index (χ4v) is 2.99. The van der Waals surface area contributed by atoms with Gasteiger partial charge in [-0.1, -0.05) is 6.07 Å². The second kappa shape index (κ2) is 7.43. The highest BCUT2D eigenvalue weighted by atomic mass is 16.5. The van der Waals surface area contributed by atoms with E-state index in [-0.39, 0.29) is 18.1 Å². The average Bonchev–Trinajstić information content (AvgIpc) is 3.28. The number of carbonyl (C=O) groups excluding carboxylic acids is 1. The third-order valence-electron chi connectivity index (χ3n) is 4.41. The van der Waals surface area contributed by atoms with Gasteiger partial charge in [-0.05, 0) is 56.4 Å². The normalized spacial score (nSPS) is 15.9. The smallest absolute Gasteiger partial charge is 0.255 e. The third-order valence-corrected chi connectivity index (χ3v) is 4.41. The number of furan rings is 1. The van der Waals surface area contributed by atoms with Crippen LogP contribution in [0.1, 0.15) is 54.6 Å². The maximum Gasteiger partial charge on any atom is 0.255 e. The first-order valence-electron chi connectivity index (χ1n) is 8.35. The van der Waals surface area contributed by atoms with Gasteiger partial charge in [-0.2, -0.15) is 0 Å². The van der Waals surface area contributed by atoms with Gasteiger partial charge in [0.15, 0.2) is 11.5 Å². The third kappa shape index (κ3) is 3.72. The van der Waals surface area contributed by atoms with Crippen LogP contribution < -0.4 is 14.8 Å². The van der Waals surface area contributed by atoms with E-state index >= 15 is 0 Å². The number of methoxy groups -OCH3 is 1. The van der Waals surface area contributed by atoms with Gasteiger partial charge < -0.3 is 19.2 Å². The number of ether oxygens (including phenoxy) is 2. The highest BCUT2D eigenvalue weighted by Gasteiger charge is 2.19. The van der Waals surface area contributed by atoms with Crippen LogP contribution in [0.4, 0.5) is 0 Å². The van der Waals surface area contributed by atoms with Crippen LogP contribution in [0.25, 0.3) is 0 Å². The summed E-state index contributed by atoms with van der Waals surface area (Å²) in [6.07, 6.45) is 7.84. The molecule has 1 aliphatic carbocycles. The summed E-state index contributed by atoms with van der Waals surface area (Å²) in [6.45, 7) is 1.93. The Morgan fingerprint density at radius 1 is 1.25 bits per heavy atom. The molecule has 1 aliphatic rings. The molecular formula is C19H23NO4. The van der Waals surface area contributed by atoms with Gasteiger partial charge >= 0.3 is 0 Å². The predicted octanol–water partition coefficient (Wildman–Crippen LogP) is 4.10. The molecule has 5 nitrogen and oxygen atoms in total. The molecule has 1 atom stereocenters. The first kappa shape index (κ1) is 16.4. The molecule has 1 aromatic carbocycles. The minimum atomic E-state index is -0.165. The van der Waals surface area contributed by atoms with E-state index < -0.39 is 0 Å². The number of nitrogens with one attached hydrogen (secondary N) is 1. The summed E-state index contributed by atoms with van der Waals surface area (Å²) in [6, 6.07) is 7.30. The maximum absolute atomic E-state index is 12.1. The highest BCUT2D eigenvalue weighted by molar-refractivity contribution is 5.94. The van der Waals surface area contributed by atoms with Gasteiger partial charge in [0.1, 0.15) is 6.26 Å². The van der Waals surface area contributed by atoms with Crippen molar-refractivity contribution < 1.29 is 18.7 Å². The van der Waals surface area contributed by atoms with Gasteiger partial charge in [-0.15, -0.1) is 0 Å². The lowest BCUT2D eigenvalue weighted by Crippen LogP contribution is -2.26. The summed E-state index contributed by atoms with van der Waals surface area (Å²) in [5.74, 6) is 1.30. The molecule has 24 heavy (non-hydrogen) atoms. The lowest BCUT2D eigenvalue weighted by molar-refractivity contribution is 0.0939. The second-order valence-electron chi connectivity index (χ2n) is 6.14. The van der Waals surface area contributed by atoms with Gasteiger partial charge in [-0.25, -0.2) is 0 Å². The van der Waals surface area contributed by atoms with Crippen LogP contribution >= 0.6 is 0 Å². The van der Waals surface area contributed by atoms with Crippen molar-refractivity contribution in [3.8, 4) is 11.5 Å². The van der Waals surface area contributed by atoms with Crippen molar-refractivity contribution >= 4 is 5.91 Å². The Kier molecular flexibility index (Phi) is 5.08. The van der Waals surface area contributed by atoms with Gasteiger partial charge in [-0.3, -0.25) is 4.79 Å². The summed E-state index contributed by atoms with van der Waals surface area (Å²) < 4.78 is 16.5. The molecule has 1 N–H and O–H groups in total. The standard InChI is InChI=1S/C19H23NO4/c1-13(20-19(21)15-9-10-23-12-15)14-7-8-17(18(11-14)22-2)24-16-5-3-4-6-16/h7-13,16H,3-6H2,1-2H3,(H,20,21)/t13-/m1/s1. The van der Waals surface area contributed by atoms with Crippen LogP contribution in [-0.2, 0) is 0 Å². The van der Waals surface area contributed by atoms with Crippen LogP contribution in [0.5, 0.6) is 11.5 Å². The van der Waals surface area contributed by atoms with Crippen LogP contribution in [0.3, 0.4) is 0 Å². The van der Waals surface area contributed by atoms with Crippen molar-refractivity contribution in [2.45, 2.75) is 44.8 Å². The van der Waals surface area contributed by atoms with Crippen LogP contribution in [0.2, 0.25) is 0 Å². The Morgan fingerprint density at radius 2 is 2.04 bits per heavy atom. The van der Waals surface area contributed by atoms with E-state index in [1.807, 2.05) is 25.1 Å². The van der Waals surface area contributed by atoms with E-state index in [2.05, 4.69) is 5.32 Å². The largest absolute Gasteiger partial charge is 0.493 e. The molecule has 0 radical (unpaired) electrons. The van der Waals surface area contributed by atoms with E-state index in [0.717, 1.165) is 24.2 Å². The predicted molar refractivity (Wildman–Crippen MR) is 90.5 cm³/mol. The minimum absolute atomic E-state index is 0.151. The monoisotopic (exact) mass is 329 g/mol. The molecule has 5 heteroatoms. The molecule has 0 bridgehead atoms. The van der Waals surface area contributed by atoms with Crippen molar-refractivity contribution in [1.29, 1.82) is 0 Å². The van der Waals surface area contributed by atoms with E-state index in [0.29, 0.717) is 11.3 Å². The first-order chi connectivity index (χ1) is 11.7. The average molecular weight is 329 g/mol. The molecule has 1 fully saturated rings. The van der Waals surface area contributed by atoms with E-state index in [1.165, 1.54) is 25.4 Å². The lowest BCUT2D eigenvalue weighted by Gasteiger charge is -2.19. The molecular weight excluding hydrogens is 306 g/mol. The summed E-state index contributed by atoms with van der Waals surface area (Å²) >= 11 is 0. The van der Waals surface area contributed by atoms with Crippen molar-refractivity contribution in [2.75, 3.05) is 7.11 Å². The topological polar surface area (TPSA) is 60.7 Å². The fraction of sp³-hybridized carbons (Fsp3) is 0.421. The molecule has 1 amide bonds. The number of hydrogen-bond acceptors (Lipinski definition) is 4. The molecule has 1 aromatic heterocycles. The first-order valence-corrected chi connectivity index (χ1v) is 8.35. The molecule has 128 valence electrons. The molecule has 0 unspecified atom stereocenters. The number of amides is 1. The number of carbonyl (C=O) groups is 1. The summed E-state index contributed by atoms with van der Waals surface area (Å²) in [5.41, 5.74) is 1.47. The van der Waals surface area contributed by atoms with Gasteiger partial charge in [0, 0.05) is 0 Å². The van der Waals surface area contributed by atoms with E-state index in [9.17, 15) is 4.79 Å². The van der Waals surface area contributed by atoms with Gasteiger partial charge in [0.2, 0.25) is 0 Å². The zero-order valence-electron chi connectivity index (χ0n) is 14.1. The van der Waals surface area contributed by atoms with E-state index in [4.69, 9.17) is 13.9 Å². The molecule has 0 saturated heterocycles. The molecule has 3 rings (SSSR count). The zero-order valence-corrected chi connectivity index (χ0v) is 14.1. The highest BCUT2D eigenvalue weighted by Crippen LogP contribution is 2.33. The van der Waals surface area contributed by atoms with Gasteiger partial charge in [0.05, 0.1) is 31.1 Å². The lowest BCUT2D eigenvalue weighted by atomic mass is 10.1. The quantitative estimate of drug-likeness (QED) is 0.867. The maximum atomic E-state index is 12.1. The summed E-state index contributed by atoms with van der Waals surface area (Å²) in [4.78, 5) is 12.1. The van der Waals surface area contributed by atoms with Crippen molar-refractivity contribution in [1.82, 2.24) is 5.32 Å². The molecule has 1 heterocycles. The molecule has 2 aromatic rings. The molecule has 0 spiro atoms. The Hall–Kier alpha value is -2.43. The summed E-state index contributed by atoms with van der Waals surface area (Å²) in [7, 11) is 1.63.